The molecule has 122 valence electrons. The van der Waals surface area contributed by atoms with Crippen molar-refractivity contribution < 1.29 is 14.3 Å². The van der Waals surface area contributed by atoms with Crippen molar-refractivity contribution in [1.29, 1.82) is 0 Å². The third-order valence-electron chi connectivity index (χ3n) is 4.14. The minimum Gasteiger partial charge on any atom is -0.490 e. The lowest BCUT2D eigenvalue weighted by atomic mass is 10.0. The SMILES string of the molecule is Cc1ccc(OCCOc2ccc3ccccc3c2C=O)cc1C. The first kappa shape index (κ1) is 16.1. The molecule has 0 aliphatic heterocycles. The molecule has 3 aromatic carbocycles. The van der Waals surface area contributed by atoms with E-state index in [9.17, 15) is 4.79 Å². The number of fused-ring (bicyclic) bond motifs is 1. The highest BCUT2D eigenvalue weighted by atomic mass is 16.5. The second-order valence-electron chi connectivity index (χ2n) is 5.76. The van der Waals surface area contributed by atoms with Crippen molar-refractivity contribution >= 4 is 17.1 Å². The summed E-state index contributed by atoms with van der Waals surface area (Å²) in [4.78, 5) is 11.5. The van der Waals surface area contributed by atoms with Crippen LogP contribution in [-0.4, -0.2) is 19.5 Å². The van der Waals surface area contributed by atoms with Crippen LogP contribution < -0.4 is 9.47 Å². The Kier molecular flexibility index (Phi) is 4.80. The van der Waals surface area contributed by atoms with Crippen LogP contribution in [-0.2, 0) is 0 Å². The van der Waals surface area contributed by atoms with E-state index in [1.165, 1.54) is 11.1 Å². The van der Waals surface area contributed by atoms with E-state index in [4.69, 9.17) is 9.47 Å². The predicted molar refractivity (Wildman–Crippen MR) is 96.2 cm³/mol. The lowest BCUT2D eigenvalue weighted by Crippen LogP contribution is -2.10. The van der Waals surface area contributed by atoms with Gasteiger partial charge in [-0.15, -0.1) is 0 Å². The third-order valence-corrected chi connectivity index (χ3v) is 4.14. The summed E-state index contributed by atoms with van der Waals surface area (Å²) in [5.74, 6) is 1.42. The average molecular weight is 320 g/mol. The first-order chi connectivity index (χ1) is 11.7. The van der Waals surface area contributed by atoms with Gasteiger partial charge in [0, 0.05) is 0 Å². The summed E-state index contributed by atoms with van der Waals surface area (Å²) in [7, 11) is 0. The highest BCUT2D eigenvalue weighted by Crippen LogP contribution is 2.26. The molecule has 3 rings (SSSR count). The number of ether oxygens (including phenoxy) is 2. The first-order valence-corrected chi connectivity index (χ1v) is 7.99. The van der Waals surface area contributed by atoms with Gasteiger partial charge in [-0.2, -0.15) is 0 Å². The van der Waals surface area contributed by atoms with Crippen molar-refractivity contribution in [3.05, 3.63) is 71.3 Å². The largest absolute Gasteiger partial charge is 0.490 e. The molecule has 0 heterocycles. The highest BCUT2D eigenvalue weighted by Gasteiger charge is 2.08. The van der Waals surface area contributed by atoms with E-state index >= 15 is 0 Å². The van der Waals surface area contributed by atoms with Crippen LogP contribution >= 0.6 is 0 Å². The van der Waals surface area contributed by atoms with Gasteiger partial charge < -0.3 is 9.47 Å². The number of carbonyl (C=O) groups excluding carboxylic acids is 1. The Hall–Kier alpha value is -2.81. The van der Waals surface area contributed by atoms with Gasteiger partial charge in [-0.1, -0.05) is 36.4 Å². The van der Waals surface area contributed by atoms with Gasteiger partial charge in [0.15, 0.2) is 6.29 Å². The van der Waals surface area contributed by atoms with Crippen molar-refractivity contribution in [2.75, 3.05) is 13.2 Å². The summed E-state index contributed by atoms with van der Waals surface area (Å²) >= 11 is 0. The molecular weight excluding hydrogens is 300 g/mol. The maximum absolute atomic E-state index is 11.5. The fourth-order valence-corrected chi connectivity index (χ4v) is 2.64. The number of rotatable bonds is 6. The minimum absolute atomic E-state index is 0.381. The molecule has 0 aromatic heterocycles. The van der Waals surface area contributed by atoms with E-state index in [1.807, 2.05) is 54.6 Å². The molecule has 0 unspecified atom stereocenters. The van der Waals surface area contributed by atoms with Gasteiger partial charge in [0.2, 0.25) is 0 Å². The molecule has 3 heteroatoms. The van der Waals surface area contributed by atoms with Crippen molar-refractivity contribution in [2.24, 2.45) is 0 Å². The summed E-state index contributed by atoms with van der Waals surface area (Å²) in [6.45, 7) is 4.94. The molecule has 0 N–H and O–H groups in total. The fourth-order valence-electron chi connectivity index (χ4n) is 2.64. The number of aldehydes is 1. The second-order valence-corrected chi connectivity index (χ2v) is 5.76. The third kappa shape index (κ3) is 3.40. The van der Waals surface area contributed by atoms with Gasteiger partial charge in [0.25, 0.3) is 0 Å². The summed E-state index contributed by atoms with van der Waals surface area (Å²) in [5.41, 5.74) is 3.02. The molecule has 0 amide bonds. The van der Waals surface area contributed by atoms with Gasteiger partial charge >= 0.3 is 0 Å². The lowest BCUT2D eigenvalue weighted by Gasteiger charge is -2.12. The Balaban J connectivity index is 1.65. The molecule has 3 nitrogen and oxygen atoms in total. The molecule has 0 saturated heterocycles. The van der Waals surface area contributed by atoms with Crippen molar-refractivity contribution in [1.82, 2.24) is 0 Å². The van der Waals surface area contributed by atoms with E-state index in [-0.39, 0.29) is 0 Å². The molecule has 0 spiro atoms. The zero-order valence-electron chi connectivity index (χ0n) is 13.9. The number of hydrogen-bond acceptors (Lipinski definition) is 3. The number of aryl methyl sites for hydroxylation is 2. The van der Waals surface area contributed by atoms with E-state index in [2.05, 4.69) is 13.8 Å². The van der Waals surface area contributed by atoms with Crippen molar-refractivity contribution in [2.45, 2.75) is 13.8 Å². The van der Waals surface area contributed by atoms with Gasteiger partial charge in [-0.3, -0.25) is 4.79 Å². The normalized spacial score (nSPS) is 10.6. The van der Waals surface area contributed by atoms with Crippen LogP contribution in [0, 0.1) is 13.8 Å². The smallest absolute Gasteiger partial charge is 0.154 e. The average Bonchev–Trinajstić information content (AvgIpc) is 2.61. The molecule has 0 saturated carbocycles. The van der Waals surface area contributed by atoms with Crippen LogP contribution in [0.2, 0.25) is 0 Å². The lowest BCUT2D eigenvalue weighted by molar-refractivity contribution is 0.112. The Bertz CT molecular complexity index is 868. The fraction of sp³-hybridized carbons (Fsp3) is 0.190. The van der Waals surface area contributed by atoms with Crippen molar-refractivity contribution in [3.63, 3.8) is 0 Å². The number of hydrogen-bond donors (Lipinski definition) is 0. The Morgan fingerprint density at radius 1 is 0.875 bits per heavy atom. The molecular formula is C21H20O3. The summed E-state index contributed by atoms with van der Waals surface area (Å²) in [6.07, 6.45) is 0.849. The first-order valence-electron chi connectivity index (χ1n) is 7.99. The van der Waals surface area contributed by atoms with Crippen LogP contribution in [0.5, 0.6) is 11.5 Å². The standard InChI is InChI=1S/C21H20O3/c1-15-7-9-18(13-16(15)2)23-11-12-24-21-10-8-17-5-3-4-6-19(17)20(21)14-22/h3-10,13-14H,11-12H2,1-2H3. The van der Waals surface area contributed by atoms with Crippen LogP contribution in [0.25, 0.3) is 10.8 Å². The molecule has 24 heavy (non-hydrogen) atoms. The highest BCUT2D eigenvalue weighted by molar-refractivity contribution is 6.00. The van der Waals surface area contributed by atoms with E-state index in [1.54, 1.807) is 0 Å². The summed E-state index contributed by atoms with van der Waals surface area (Å²) in [6, 6.07) is 17.6. The predicted octanol–water partition coefficient (Wildman–Crippen LogP) is 4.73. The van der Waals surface area contributed by atoms with Crippen LogP contribution in [0.3, 0.4) is 0 Å². The van der Waals surface area contributed by atoms with E-state index in [0.717, 1.165) is 22.8 Å². The monoisotopic (exact) mass is 320 g/mol. The second kappa shape index (κ2) is 7.18. The van der Waals surface area contributed by atoms with Gasteiger partial charge in [0.1, 0.15) is 24.7 Å². The quantitative estimate of drug-likeness (QED) is 0.487. The molecule has 0 atom stereocenters. The van der Waals surface area contributed by atoms with Crippen molar-refractivity contribution in [3.8, 4) is 11.5 Å². The molecule has 0 aliphatic carbocycles. The maximum Gasteiger partial charge on any atom is 0.154 e. The molecule has 0 fully saturated rings. The van der Waals surface area contributed by atoms with E-state index < -0.39 is 0 Å². The van der Waals surface area contributed by atoms with Crippen LogP contribution in [0.4, 0.5) is 0 Å². The Morgan fingerprint density at radius 3 is 2.46 bits per heavy atom. The topological polar surface area (TPSA) is 35.5 Å². The molecule has 0 aliphatic rings. The zero-order chi connectivity index (χ0) is 16.9. The summed E-state index contributed by atoms with van der Waals surface area (Å²) < 4.78 is 11.5. The Morgan fingerprint density at radius 2 is 1.67 bits per heavy atom. The molecule has 0 radical (unpaired) electrons. The maximum atomic E-state index is 11.5. The zero-order valence-corrected chi connectivity index (χ0v) is 13.9. The van der Waals surface area contributed by atoms with Crippen LogP contribution in [0.15, 0.2) is 54.6 Å². The Labute approximate surface area is 141 Å². The number of carbonyl (C=O) groups is 1. The van der Waals surface area contributed by atoms with Gasteiger partial charge in [-0.25, -0.2) is 0 Å². The van der Waals surface area contributed by atoms with Gasteiger partial charge in [0.05, 0.1) is 5.56 Å². The molecule has 0 bridgehead atoms. The number of benzene rings is 3. The van der Waals surface area contributed by atoms with Crippen LogP contribution in [0.1, 0.15) is 21.5 Å². The molecule has 3 aromatic rings. The summed E-state index contributed by atoms with van der Waals surface area (Å²) in [5, 5.41) is 1.93. The van der Waals surface area contributed by atoms with E-state index in [0.29, 0.717) is 24.5 Å². The van der Waals surface area contributed by atoms with Gasteiger partial charge in [-0.05, 0) is 53.9 Å². The minimum atomic E-state index is 0.381.